The van der Waals surface area contributed by atoms with Gasteiger partial charge >= 0.3 is 11.9 Å². The largest absolute Gasteiger partial charge is 0.478 e. The Bertz CT molecular complexity index is 589. The number of aromatic carboxylic acids is 1. The lowest BCUT2D eigenvalue weighted by Gasteiger charge is -2.05. The minimum Gasteiger partial charge on any atom is -0.478 e. The monoisotopic (exact) mass is 310 g/mol. The molecule has 1 aromatic heterocycles. The van der Waals surface area contributed by atoms with Gasteiger partial charge in [0, 0.05) is 0 Å². The van der Waals surface area contributed by atoms with E-state index >= 15 is 0 Å². The average Bonchev–Trinajstić information content (AvgIpc) is 2.85. The van der Waals surface area contributed by atoms with Crippen molar-refractivity contribution >= 4 is 27.9 Å². The smallest absolute Gasteiger partial charge is 0.379 e. The molecule has 0 aliphatic rings. The van der Waals surface area contributed by atoms with Gasteiger partial charge in [0.1, 0.15) is 5.75 Å². The van der Waals surface area contributed by atoms with Gasteiger partial charge in [-0.1, -0.05) is 0 Å². The molecule has 6 heteroatoms. The predicted octanol–water partition coefficient (Wildman–Crippen LogP) is 2.96. The number of carbonyl (C=O) groups excluding carboxylic acids is 1. The van der Waals surface area contributed by atoms with E-state index in [0.29, 0.717) is 4.47 Å². The van der Waals surface area contributed by atoms with Crippen molar-refractivity contribution in [3.8, 4) is 5.75 Å². The third-order valence-corrected chi connectivity index (χ3v) is 2.72. The second-order valence-electron chi connectivity index (χ2n) is 3.32. The maximum absolute atomic E-state index is 11.6. The van der Waals surface area contributed by atoms with Crippen LogP contribution in [-0.4, -0.2) is 17.0 Å². The van der Waals surface area contributed by atoms with Crippen LogP contribution in [0.25, 0.3) is 0 Å². The van der Waals surface area contributed by atoms with Gasteiger partial charge in [0.05, 0.1) is 16.3 Å². The van der Waals surface area contributed by atoms with E-state index in [1.165, 1.54) is 30.5 Å². The zero-order chi connectivity index (χ0) is 13.1. The van der Waals surface area contributed by atoms with Gasteiger partial charge in [-0.3, -0.25) is 0 Å². The normalized spacial score (nSPS) is 10.1. The van der Waals surface area contributed by atoms with E-state index in [2.05, 4.69) is 15.9 Å². The topological polar surface area (TPSA) is 76.7 Å². The minimum atomic E-state index is -1.06. The summed E-state index contributed by atoms with van der Waals surface area (Å²) in [6, 6.07) is 7.14. The van der Waals surface area contributed by atoms with Crippen molar-refractivity contribution in [1.82, 2.24) is 0 Å². The summed E-state index contributed by atoms with van der Waals surface area (Å²) in [5.41, 5.74) is 0.0969. The van der Waals surface area contributed by atoms with Gasteiger partial charge in [-0.15, -0.1) is 0 Å². The van der Waals surface area contributed by atoms with Crippen LogP contribution in [0.5, 0.6) is 5.75 Å². The molecular weight excluding hydrogens is 304 g/mol. The number of benzene rings is 1. The molecule has 0 aliphatic carbocycles. The summed E-state index contributed by atoms with van der Waals surface area (Å²) in [5.74, 6) is -1.41. The molecule has 0 saturated heterocycles. The fraction of sp³-hybridized carbons (Fsp3) is 0. The number of carbonyl (C=O) groups is 2. The number of carboxylic acid groups (broad SMARTS) is 1. The van der Waals surface area contributed by atoms with Crippen LogP contribution in [0.4, 0.5) is 0 Å². The van der Waals surface area contributed by atoms with Gasteiger partial charge in [-0.2, -0.15) is 0 Å². The van der Waals surface area contributed by atoms with Gasteiger partial charge in [-0.25, -0.2) is 9.59 Å². The van der Waals surface area contributed by atoms with Crippen molar-refractivity contribution in [1.29, 1.82) is 0 Å². The molecule has 0 radical (unpaired) electrons. The lowest BCUT2D eigenvalue weighted by Crippen LogP contribution is -2.08. The van der Waals surface area contributed by atoms with Crippen LogP contribution in [-0.2, 0) is 0 Å². The molecule has 0 amide bonds. The molecule has 92 valence electrons. The molecule has 0 spiro atoms. The molecular formula is C12H7BrO5. The predicted molar refractivity (Wildman–Crippen MR) is 64.8 cm³/mol. The van der Waals surface area contributed by atoms with Crippen molar-refractivity contribution < 1.29 is 23.8 Å². The fourth-order valence-electron chi connectivity index (χ4n) is 1.26. The van der Waals surface area contributed by atoms with Crippen molar-refractivity contribution in [2.24, 2.45) is 0 Å². The molecule has 0 bridgehead atoms. The van der Waals surface area contributed by atoms with Crippen molar-refractivity contribution in [2.75, 3.05) is 0 Å². The first kappa shape index (κ1) is 12.4. The Morgan fingerprint density at radius 1 is 1.28 bits per heavy atom. The number of carboxylic acids is 1. The molecule has 18 heavy (non-hydrogen) atoms. The maximum Gasteiger partial charge on any atom is 0.379 e. The fourth-order valence-corrected chi connectivity index (χ4v) is 1.72. The quantitative estimate of drug-likeness (QED) is 0.696. The number of rotatable bonds is 3. The number of ether oxygens (including phenoxy) is 1. The van der Waals surface area contributed by atoms with Crippen LogP contribution in [0.15, 0.2) is 45.5 Å². The van der Waals surface area contributed by atoms with E-state index in [9.17, 15) is 9.59 Å². The highest BCUT2D eigenvalue weighted by atomic mass is 79.9. The Labute approximate surface area is 110 Å². The average molecular weight is 311 g/mol. The van der Waals surface area contributed by atoms with E-state index in [1.807, 2.05) is 0 Å². The summed E-state index contributed by atoms with van der Waals surface area (Å²) in [6.45, 7) is 0. The second kappa shape index (κ2) is 5.05. The first-order valence-electron chi connectivity index (χ1n) is 4.86. The molecule has 0 fully saturated rings. The highest BCUT2D eigenvalue weighted by Crippen LogP contribution is 2.26. The van der Waals surface area contributed by atoms with E-state index < -0.39 is 11.9 Å². The van der Waals surface area contributed by atoms with Crippen LogP contribution in [0.1, 0.15) is 20.9 Å². The molecule has 2 rings (SSSR count). The summed E-state index contributed by atoms with van der Waals surface area (Å²) in [6.07, 6.45) is 1.36. The Kier molecular flexibility index (Phi) is 3.47. The van der Waals surface area contributed by atoms with Crippen LogP contribution in [0.3, 0.4) is 0 Å². The molecule has 0 unspecified atom stereocenters. The van der Waals surface area contributed by atoms with Gasteiger partial charge in [0.2, 0.25) is 5.76 Å². The molecule has 2 aromatic rings. The lowest BCUT2D eigenvalue weighted by molar-refractivity contribution is 0.0694. The van der Waals surface area contributed by atoms with Crippen LogP contribution < -0.4 is 4.74 Å². The number of furan rings is 1. The zero-order valence-corrected chi connectivity index (χ0v) is 10.5. The van der Waals surface area contributed by atoms with E-state index in [-0.39, 0.29) is 17.1 Å². The molecule has 1 aromatic carbocycles. The molecule has 1 N–H and O–H groups in total. The van der Waals surface area contributed by atoms with Crippen LogP contribution in [0, 0.1) is 0 Å². The SMILES string of the molecule is O=C(O)c1ccc(OC(=O)c2ccco2)c(Br)c1. The summed E-state index contributed by atoms with van der Waals surface area (Å²) >= 11 is 3.14. The van der Waals surface area contributed by atoms with Crippen molar-refractivity contribution in [2.45, 2.75) is 0 Å². The molecule has 1 heterocycles. The van der Waals surface area contributed by atoms with Gasteiger partial charge < -0.3 is 14.3 Å². The molecule has 0 saturated carbocycles. The Hall–Kier alpha value is -2.08. The Balaban J connectivity index is 2.20. The number of halogens is 1. The number of esters is 1. The third kappa shape index (κ3) is 2.60. The van der Waals surface area contributed by atoms with Crippen LogP contribution >= 0.6 is 15.9 Å². The summed E-state index contributed by atoms with van der Waals surface area (Å²) in [4.78, 5) is 22.3. The third-order valence-electron chi connectivity index (χ3n) is 2.10. The first-order valence-corrected chi connectivity index (χ1v) is 5.66. The number of hydrogen-bond donors (Lipinski definition) is 1. The lowest BCUT2D eigenvalue weighted by atomic mass is 10.2. The van der Waals surface area contributed by atoms with Crippen LogP contribution in [0.2, 0.25) is 0 Å². The second-order valence-corrected chi connectivity index (χ2v) is 4.17. The van der Waals surface area contributed by atoms with E-state index in [0.717, 1.165) is 0 Å². The van der Waals surface area contributed by atoms with Gasteiger partial charge in [-0.05, 0) is 46.3 Å². The summed E-state index contributed by atoms with van der Waals surface area (Å²) in [7, 11) is 0. The zero-order valence-electron chi connectivity index (χ0n) is 8.92. The van der Waals surface area contributed by atoms with Gasteiger partial charge in [0.25, 0.3) is 0 Å². The Morgan fingerprint density at radius 2 is 2.06 bits per heavy atom. The van der Waals surface area contributed by atoms with Gasteiger partial charge in [0.15, 0.2) is 0 Å². The molecule has 0 atom stereocenters. The van der Waals surface area contributed by atoms with Crippen molar-refractivity contribution in [3.63, 3.8) is 0 Å². The van der Waals surface area contributed by atoms with E-state index in [1.54, 1.807) is 6.07 Å². The number of hydrogen-bond acceptors (Lipinski definition) is 4. The minimum absolute atomic E-state index is 0.0733. The maximum atomic E-state index is 11.6. The standard InChI is InChI=1S/C12H7BrO5/c13-8-6-7(11(14)15)3-4-9(8)18-12(16)10-2-1-5-17-10/h1-6H,(H,14,15). The molecule has 0 aliphatic heterocycles. The summed E-state index contributed by atoms with van der Waals surface area (Å²) in [5, 5.41) is 8.79. The highest BCUT2D eigenvalue weighted by Gasteiger charge is 2.14. The molecule has 5 nitrogen and oxygen atoms in total. The first-order chi connectivity index (χ1) is 8.58. The highest BCUT2D eigenvalue weighted by molar-refractivity contribution is 9.10. The Morgan fingerprint density at radius 3 is 2.61 bits per heavy atom. The van der Waals surface area contributed by atoms with E-state index in [4.69, 9.17) is 14.3 Å². The summed E-state index contributed by atoms with van der Waals surface area (Å²) < 4.78 is 10.3. The van der Waals surface area contributed by atoms with Crippen molar-refractivity contribution in [3.05, 3.63) is 52.4 Å².